The Morgan fingerprint density at radius 2 is 1.70 bits per heavy atom. The summed E-state index contributed by atoms with van der Waals surface area (Å²) in [5.41, 5.74) is -0.0584. The van der Waals surface area contributed by atoms with E-state index in [-0.39, 0.29) is 50.5 Å². The van der Waals surface area contributed by atoms with Crippen molar-refractivity contribution in [1.82, 2.24) is 15.6 Å². The number of nitrogens with zero attached hydrogens (tertiary/aromatic N) is 1. The second-order valence-corrected chi connectivity index (χ2v) is 10.0. The quantitative estimate of drug-likeness (QED) is 0.255. The molecule has 2 amide bonds. The SMILES string of the molecule is CNC(=O)c1c(-c2ccc(F)cc2)oc2nc(NCC(F)(F)F)c(-c3ccc(F)c(C(=O)NC45CC4C5)c3)cc12. The molecule has 2 fully saturated rings. The van der Waals surface area contributed by atoms with Crippen LogP contribution in [0.25, 0.3) is 33.6 Å². The predicted molar refractivity (Wildman–Crippen MR) is 136 cm³/mol. The van der Waals surface area contributed by atoms with Crippen LogP contribution in [0.4, 0.5) is 27.8 Å². The first-order valence-corrected chi connectivity index (χ1v) is 12.4. The van der Waals surface area contributed by atoms with Crippen LogP contribution in [0.15, 0.2) is 52.9 Å². The van der Waals surface area contributed by atoms with Gasteiger partial charge in [0.15, 0.2) is 0 Å². The number of carbonyl (C=O) groups is 2. The highest BCUT2D eigenvalue weighted by Gasteiger charge is 2.70. The number of alkyl halides is 3. The van der Waals surface area contributed by atoms with E-state index in [2.05, 4.69) is 20.9 Å². The molecule has 2 aliphatic carbocycles. The highest BCUT2D eigenvalue weighted by molar-refractivity contribution is 6.11. The molecule has 0 atom stereocenters. The highest BCUT2D eigenvalue weighted by atomic mass is 19.4. The minimum atomic E-state index is -4.60. The normalized spacial score (nSPS) is 19.2. The molecular formula is C28H21F5N4O3. The highest BCUT2D eigenvalue weighted by Crippen LogP contribution is 2.66. The Morgan fingerprint density at radius 1 is 1.02 bits per heavy atom. The van der Waals surface area contributed by atoms with Crippen molar-refractivity contribution in [2.24, 2.45) is 5.92 Å². The fourth-order valence-electron chi connectivity index (χ4n) is 4.78. The first kappa shape index (κ1) is 25.8. The van der Waals surface area contributed by atoms with Gasteiger partial charge in [-0.3, -0.25) is 9.59 Å². The molecule has 2 saturated carbocycles. The van der Waals surface area contributed by atoms with Gasteiger partial charge in [0.1, 0.15) is 29.8 Å². The maximum Gasteiger partial charge on any atom is 0.405 e. The van der Waals surface area contributed by atoms with Crippen LogP contribution in [0.1, 0.15) is 33.6 Å². The Hall–Kier alpha value is -4.48. The van der Waals surface area contributed by atoms with E-state index in [1.165, 1.54) is 49.5 Å². The van der Waals surface area contributed by atoms with Crippen LogP contribution in [-0.4, -0.2) is 42.1 Å². The summed E-state index contributed by atoms with van der Waals surface area (Å²) in [6, 6.07) is 10.1. The van der Waals surface area contributed by atoms with Gasteiger partial charge in [-0.1, -0.05) is 6.07 Å². The van der Waals surface area contributed by atoms with E-state index in [0.717, 1.165) is 18.9 Å². The number of carbonyl (C=O) groups excluding carboxylic acids is 2. The van der Waals surface area contributed by atoms with Crippen LogP contribution in [0.3, 0.4) is 0 Å². The average molecular weight is 556 g/mol. The second-order valence-electron chi connectivity index (χ2n) is 10.0. The lowest BCUT2D eigenvalue weighted by Gasteiger charge is -2.15. The van der Waals surface area contributed by atoms with E-state index in [0.29, 0.717) is 11.5 Å². The van der Waals surface area contributed by atoms with Gasteiger partial charge in [0.25, 0.3) is 11.8 Å². The number of amides is 2. The third kappa shape index (κ3) is 4.63. The summed E-state index contributed by atoms with van der Waals surface area (Å²) in [5, 5.41) is 7.72. The van der Waals surface area contributed by atoms with Crippen molar-refractivity contribution in [2.45, 2.75) is 24.6 Å². The summed E-state index contributed by atoms with van der Waals surface area (Å²) in [4.78, 5) is 30.0. The van der Waals surface area contributed by atoms with E-state index >= 15 is 0 Å². The zero-order valence-electron chi connectivity index (χ0n) is 20.9. The molecule has 0 saturated heterocycles. The van der Waals surface area contributed by atoms with Gasteiger partial charge in [-0.05, 0) is 66.8 Å². The van der Waals surface area contributed by atoms with Crippen LogP contribution in [0.5, 0.6) is 0 Å². The zero-order valence-corrected chi connectivity index (χ0v) is 20.9. The number of hydrogen-bond acceptors (Lipinski definition) is 5. The van der Waals surface area contributed by atoms with Gasteiger partial charge in [-0.15, -0.1) is 0 Å². The van der Waals surface area contributed by atoms with Crippen molar-refractivity contribution in [2.75, 3.05) is 18.9 Å². The molecule has 12 heteroatoms. The molecule has 6 rings (SSSR count). The monoisotopic (exact) mass is 556 g/mol. The van der Waals surface area contributed by atoms with Gasteiger partial charge in [-0.2, -0.15) is 18.2 Å². The number of aromatic nitrogens is 1. The second kappa shape index (κ2) is 9.04. The standard InChI is InChI=1S/C28H21F5N4O3/c1-34-25(39)21-19-9-17(14-4-7-20(30)18(8-14)24(38)37-27-10-15(27)11-27)23(35-12-28(31,32)33)36-26(19)40-22(21)13-2-5-16(29)6-3-13/h2-9,15H,10-12H2,1H3,(H,34,39)(H,35,36)(H,37,38). The maximum absolute atomic E-state index is 14.7. The third-order valence-corrected chi connectivity index (χ3v) is 7.27. The van der Waals surface area contributed by atoms with Crippen molar-refractivity contribution >= 4 is 28.7 Å². The van der Waals surface area contributed by atoms with Crippen LogP contribution in [-0.2, 0) is 0 Å². The van der Waals surface area contributed by atoms with E-state index in [1.54, 1.807) is 0 Å². The number of furan rings is 1. The lowest BCUT2D eigenvalue weighted by Crippen LogP contribution is -2.31. The molecule has 2 heterocycles. The van der Waals surface area contributed by atoms with E-state index in [1.807, 2.05) is 0 Å². The number of halogens is 5. The summed E-state index contributed by atoms with van der Waals surface area (Å²) in [7, 11) is 1.39. The van der Waals surface area contributed by atoms with Gasteiger partial charge >= 0.3 is 6.18 Å². The smallest absolute Gasteiger partial charge is 0.405 e. The van der Waals surface area contributed by atoms with Gasteiger partial charge in [-0.25, -0.2) is 8.78 Å². The molecule has 7 nitrogen and oxygen atoms in total. The lowest BCUT2D eigenvalue weighted by molar-refractivity contribution is -0.115. The molecular weight excluding hydrogens is 535 g/mol. The van der Waals surface area contributed by atoms with Gasteiger partial charge in [0.2, 0.25) is 5.71 Å². The predicted octanol–water partition coefficient (Wildman–Crippen LogP) is 5.67. The fraction of sp³-hybridized carbons (Fsp3) is 0.250. The summed E-state index contributed by atoms with van der Waals surface area (Å²) >= 11 is 0. The van der Waals surface area contributed by atoms with Crippen LogP contribution in [0.2, 0.25) is 0 Å². The molecule has 2 aromatic carbocycles. The number of fused-ring (bicyclic) bond motifs is 2. The van der Waals surface area contributed by atoms with Crippen LogP contribution < -0.4 is 16.0 Å². The molecule has 2 aromatic heterocycles. The zero-order chi connectivity index (χ0) is 28.4. The van der Waals surface area contributed by atoms with Crippen molar-refractivity contribution in [3.8, 4) is 22.5 Å². The number of nitrogens with one attached hydrogen (secondary N) is 3. The number of benzene rings is 2. The number of rotatable bonds is 7. The van der Waals surface area contributed by atoms with Gasteiger partial charge in [0.05, 0.1) is 16.5 Å². The number of anilines is 1. The number of pyridine rings is 1. The maximum atomic E-state index is 14.7. The molecule has 0 radical (unpaired) electrons. The molecule has 206 valence electrons. The van der Waals surface area contributed by atoms with E-state index in [9.17, 15) is 31.5 Å². The Bertz CT molecular complexity index is 1670. The third-order valence-electron chi connectivity index (χ3n) is 7.27. The van der Waals surface area contributed by atoms with Crippen molar-refractivity contribution in [1.29, 1.82) is 0 Å². The summed E-state index contributed by atoms with van der Waals surface area (Å²) in [5.74, 6) is -2.32. The van der Waals surface area contributed by atoms with E-state index in [4.69, 9.17) is 4.42 Å². The minimum Gasteiger partial charge on any atom is -0.437 e. The average Bonchev–Trinajstić information content (AvgIpc) is 3.73. The molecule has 2 aliphatic rings. The minimum absolute atomic E-state index is 0.0212. The summed E-state index contributed by atoms with van der Waals surface area (Å²) in [6.45, 7) is -1.44. The summed E-state index contributed by atoms with van der Waals surface area (Å²) < 4.78 is 73.5. The first-order chi connectivity index (χ1) is 19.0. The van der Waals surface area contributed by atoms with Gasteiger partial charge < -0.3 is 20.4 Å². The Morgan fingerprint density at radius 3 is 2.33 bits per heavy atom. The largest absolute Gasteiger partial charge is 0.437 e. The van der Waals surface area contributed by atoms with Crippen molar-refractivity contribution < 1.29 is 36.0 Å². The Kier molecular flexibility index (Phi) is 5.82. The van der Waals surface area contributed by atoms with E-state index < -0.39 is 36.2 Å². The van der Waals surface area contributed by atoms with Gasteiger partial charge in [0, 0.05) is 23.7 Å². The molecule has 0 unspecified atom stereocenters. The Balaban J connectivity index is 1.51. The molecule has 4 aromatic rings. The Labute approximate surface area is 223 Å². The molecule has 0 aliphatic heterocycles. The number of hydrogen-bond donors (Lipinski definition) is 3. The van der Waals surface area contributed by atoms with Crippen molar-refractivity contribution in [3.05, 3.63) is 71.3 Å². The van der Waals surface area contributed by atoms with Crippen molar-refractivity contribution in [3.63, 3.8) is 0 Å². The van der Waals surface area contributed by atoms with Crippen LogP contribution >= 0.6 is 0 Å². The topological polar surface area (TPSA) is 96.3 Å². The molecule has 0 spiro atoms. The first-order valence-electron chi connectivity index (χ1n) is 12.4. The fourth-order valence-corrected chi connectivity index (χ4v) is 4.78. The molecule has 3 N–H and O–H groups in total. The van der Waals surface area contributed by atoms with Crippen LogP contribution in [0, 0.1) is 17.6 Å². The molecule has 40 heavy (non-hydrogen) atoms. The summed E-state index contributed by atoms with van der Waals surface area (Å²) in [6.07, 6.45) is -2.92. The molecule has 0 bridgehead atoms. The lowest BCUT2D eigenvalue weighted by atomic mass is 9.99.